The van der Waals surface area contributed by atoms with Gasteiger partial charge in [-0.15, -0.1) is 0 Å². The summed E-state index contributed by atoms with van der Waals surface area (Å²) in [5, 5.41) is 0. The summed E-state index contributed by atoms with van der Waals surface area (Å²) in [4.78, 5) is 28.0. The van der Waals surface area contributed by atoms with Crippen LogP contribution >= 0.6 is 0 Å². The van der Waals surface area contributed by atoms with Crippen molar-refractivity contribution in [2.75, 3.05) is 13.7 Å². The van der Waals surface area contributed by atoms with Gasteiger partial charge in [-0.05, 0) is 49.4 Å². The van der Waals surface area contributed by atoms with Gasteiger partial charge in [-0.2, -0.15) is 0 Å². The van der Waals surface area contributed by atoms with Gasteiger partial charge in [0.05, 0.1) is 19.4 Å². The summed E-state index contributed by atoms with van der Waals surface area (Å²) >= 11 is 0. The standard InChI is InChI=1S/C18H17NO4/c1-3-23-17(20)12-9-14-5-4-6-16(19-14)18(21)13-7-10-15(22-2)11-8-13/h4-12H,3H2,1-2H3/b12-9+. The third kappa shape index (κ3) is 4.51. The Morgan fingerprint density at radius 1 is 1.13 bits per heavy atom. The Bertz CT molecular complexity index is 720. The first-order valence-corrected chi connectivity index (χ1v) is 7.14. The Labute approximate surface area is 134 Å². The number of hydrogen-bond acceptors (Lipinski definition) is 5. The van der Waals surface area contributed by atoms with Crippen LogP contribution in [-0.4, -0.2) is 30.5 Å². The molecule has 0 N–H and O–H groups in total. The molecule has 1 aromatic carbocycles. The van der Waals surface area contributed by atoms with E-state index in [1.807, 2.05) is 0 Å². The van der Waals surface area contributed by atoms with Gasteiger partial charge in [-0.25, -0.2) is 9.78 Å². The van der Waals surface area contributed by atoms with Gasteiger partial charge in [0.25, 0.3) is 0 Å². The molecule has 0 unspecified atom stereocenters. The molecule has 0 saturated carbocycles. The number of ether oxygens (including phenoxy) is 2. The Morgan fingerprint density at radius 3 is 2.52 bits per heavy atom. The number of carbonyl (C=O) groups excluding carboxylic acids is 2. The van der Waals surface area contributed by atoms with E-state index in [9.17, 15) is 9.59 Å². The SMILES string of the molecule is CCOC(=O)/C=C/c1cccc(C(=O)c2ccc(OC)cc2)n1. The lowest BCUT2D eigenvalue weighted by Gasteiger charge is -2.03. The molecule has 0 amide bonds. The summed E-state index contributed by atoms with van der Waals surface area (Å²) in [6.45, 7) is 2.05. The third-order valence-corrected chi connectivity index (χ3v) is 3.03. The van der Waals surface area contributed by atoms with Gasteiger partial charge in [0, 0.05) is 11.6 Å². The summed E-state index contributed by atoms with van der Waals surface area (Å²) in [5.74, 6) is 0.0425. The van der Waals surface area contributed by atoms with Crippen molar-refractivity contribution in [1.29, 1.82) is 0 Å². The van der Waals surface area contributed by atoms with Gasteiger partial charge in [-0.3, -0.25) is 4.79 Å². The van der Waals surface area contributed by atoms with Crippen LogP contribution in [0.25, 0.3) is 6.08 Å². The van der Waals surface area contributed by atoms with E-state index in [1.54, 1.807) is 56.5 Å². The number of aromatic nitrogens is 1. The fraction of sp³-hybridized carbons (Fsp3) is 0.167. The molecule has 0 bridgehead atoms. The second kappa shape index (κ2) is 7.89. The number of ketones is 1. The average Bonchev–Trinajstić information content (AvgIpc) is 2.60. The topological polar surface area (TPSA) is 65.5 Å². The van der Waals surface area contributed by atoms with Crippen molar-refractivity contribution in [2.24, 2.45) is 0 Å². The maximum atomic E-state index is 12.4. The molecule has 0 radical (unpaired) electrons. The maximum Gasteiger partial charge on any atom is 0.330 e. The van der Waals surface area contributed by atoms with E-state index in [1.165, 1.54) is 12.2 Å². The van der Waals surface area contributed by atoms with E-state index in [0.717, 1.165) is 0 Å². The van der Waals surface area contributed by atoms with Crippen LogP contribution in [0, 0.1) is 0 Å². The zero-order valence-electron chi connectivity index (χ0n) is 13.0. The number of hydrogen-bond donors (Lipinski definition) is 0. The van der Waals surface area contributed by atoms with Gasteiger partial charge in [-0.1, -0.05) is 6.07 Å². The van der Waals surface area contributed by atoms with Crippen molar-refractivity contribution in [1.82, 2.24) is 4.98 Å². The number of methoxy groups -OCH3 is 1. The highest BCUT2D eigenvalue weighted by Gasteiger charge is 2.10. The second-order valence-corrected chi connectivity index (χ2v) is 4.59. The summed E-state index contributed by atoms with van der Waals surface area (Å²) < 4.78 is 9.87. The van der Waals surface area contributed by atoms with Crippen LogP contribution < -0.4 is 4.74 Å². The van der Waals surface area contributed by atoms with Gasteiger partial charge >= 0.3 is 5.97 Å². The highest BCUT2D eigenvalue weighted by molar-refractivity contribution is 6.07. The third-order valence-electron chi connectivity index (χ3n) is 3.03. The van der Waals surface area contributed by atoms with Crippen molar-refractivity contribution in [3.8, 4) is 5.75 Å². The van der Waals surface area contributed by atoms with Crippen LogP contribution in [0.15, 0.2) is 48.5 Å². The molecular weight excluding hydrogens is 294 g/mol. The highest BCUT2D eigenvalue weighted by Crippen LogP contribution is 2.14. The van der Waals surface area contributed by atoms with E-state index < -0.39 is 5.97 Å². The maximum absolute atomic E-state index is 12.4. The second-order valence-electron chi connectivity index (χ2n) is 4.59. The fourth-order valence-corrected chi connectivity index (χ4v) is 1.90. The number of rotatable bonds is 6. The van der Waals surface area contributed by atoms with Crippen LogP contribution in [-0.2, 0) is 9.53 Å². The first-order chi connectivity index (χ1) is 11.1. The number of pyridine rings is 1. The Morgan fingerprint density at radius 2 is 1.87 bits per heavy atom. The minimum atomic E-state index is -0.443. The molecular formula is C18H17NO4. The number of carbonyl (C=O) groups is 2. The summed E-state index contributed by atoms with van der Waals surface area (Å²) in [6.07, 6.45) is 2.80. The summed E-state index contributed by atoms with van der Waals surface area (Å²) in [5.41, 5.74) is 1.34. The van der Waals surface area contributed by atoms with Gasteiger partial charge in [0.2, 0.25) is 5.78 Å². The molecule has 0 aliphatic rings. The van der Waals surface area contributed by atoms with Crippen LogP contribution in [0.5, 0.6) is 5.75 Å². The molecule has 2 aromatic rings. The van der Waals surface area contributed by atoms with E-state index in [2.05, 4.69) is 4.98 Å². The van der Waals surface area contributed by atoms with Crippen LogP contribution in [0.1, 0.15) is 28.7 Å². The van der Waals surface area contributed by atoms with Gasteiger partial charge in [0.1, 0.15) is 11.4 Å². The predicted octanol–water partition coefficient (Wildman–Crippen LogP) is 2.90. The van der Waals surface area contributed by atoms with Crippen molar-refractivity contribution in [3.63, 3.8) is 0 Å². The predicted molar refractivity (Wildman–Crippen MR) is 86.3 cm³/mol. The monoisotopic (exact) mass is 311 g/mol. The molecule has 0 aliphatic carbocycles. The quantitative estimate of drug-likeness (QED) is 0.466. The molecule has 118 valence electrons. The lowest BCUT2D eigenvalue weighted by Crippen LogP contribution is -2.05. The van der Waals surface area contributed by atoms with Crippen molar-refractivity contribution >= 4 is 17.8 Å². The van der Waals surface area contributed by atoms with E-state index in [0.29, 0.717) is 29.3 Å². The average molecular weight is 311 g/mol. The van der Waals surface area contributed by atoms with E-state index >= 15 is 0 Å². The van der Waals surface area contributed by atoms with Crippen molar-refractivity contribution in [2.45, 2.75) is 6.92 Å². The Kier molecular flexibility index (Phi) is 5.63. The van der Waals surface area contributed by atoms with Crippen LogP contribution in [0.2, 0.25) is 0 Å². The molecule has 5 heteroatoms. The molecule has 1 aromatic heterocycles. The van der Waals surface area contributed by atoms with E-state index in [4.69, 9.17) is 9.47 Å². The first kappa shape index (κ1) is 16.4. The first-order valence-electron chi connectivity index (χ1n) is 7.14. The van der Waals surface area contributed by atoms with Gasteiger partial charge in [0.15, 0.2) is 0 Å². The van der Waals surface area contributed by atoms with Crippen molar-refractivity contribution in [3.05, 3.63) is 65.5 Å². The molecule has 2 rings (SSSR count). The van der Waals surface area contributed by atoms with Crippen LogP contribution in [0.3, 0.4) is 0 Å². The summed E-state index contributed by atoms with van der Waals surface area (Å²) in [6, 6.07) is 11.9. The lowest BCUT2D eigenvalue weighted by molar-refractivity contribution is -0.137. The molecule has 0 spiro atoms. The largest absolute Gasteiger partial charge is 0.497 e. The van der Waals surface area contributed by atoms with Crippen LogP contribution in [0.4, 0.5) is 0 Å². The van der Waals surface area contributed by atoms with Crippen molar-refractivity contribution < 1.29 is 19.1 Å². The number of benzene rings is 1. The number of esters is 1. The lowest BCUT2D eigenvalue weighted by atomic mass is 10.1. The molecule has 0 fully saturated rings. The fourth-order valence-electron chi connectivity index (χ4n) is 1.90. The normalized spacial score (nSPS) is 10.5. The zero-order chi connectivity index (χ0) is 16.7. The Balaban J connectivity index is 2.17. The Hall–Kier alpha value is -2.95. The molecule has 5 nitrogen and oxygen atoms in total. The van der Waals surface area contributed by atoms with Gasteiger partial charge < -0.3 is 9.47 Å². The molecule has 0 saturated heterocycles. The minimum absolute atomic E-state index is 0.195. The number of nitrogens with zero attached hydrogens (tertiary/aromatic N) is 1. The molecule has 0 aliphatic heterocycles. The summed E-state index contributed by atoms with van der Waals surface area (Å²) in [7, 11) is 1.57. The highest BCUT2D eigenvalue weighted by atomic mass is 16.5. The zero-order valence-corrected chi connectivity index (χ0v) is 13.0. The molecule has 23 heavy (non-hydrogen) atoms. The molecule has 0 atom stereocenters. The van der Waals surface area contributed by atoms with E-state index in [-0.39, 0.29) is 5.78 Å². The smallest absolute Gasteiger partial charge is 0.330 e. The molecule has 1 heterocycles. The minimum Gasteiger partial charge on any atom is -0.497 e.